The van der Waals surface area contributed by atoms with Gasteiger partial charge in [0.25, 0.3) is 0 Å². The summed E-state index contributed by atoms with van der Waals surface area (Å²) in [4.78, 5) is 0.325. The summed E-state index contributed by atoms with van der Waals surface area (Å²) in [6, 6.07) is 6.57. The van der Waals surface area contributed by atoms with Crippen molar-refractivity contribution >= 4 is 10.8 Å². The van der Waals surface area contributed by atoms with E-state index < -0.39 is 10.8 Å². The summed E-state index contributed by atoms with van der Waals surface area (Å²) >= 11 is 0. The second-order valence-electron chi connectivity index (χ2n) is 3.74. The molecular formula is C11H14FNOS. The molecule has 1 aromatic carbocycles. The average molecular weight is 227 g/mol. The van der Waals surface area contributed by atoms with Crippen molar-refractivity contribution < 1.29 is 8.60 Å². The van der Waals surface area contributed by atoms with Gasteiger partial charge < -0.3 is 5.32 Å². The molecule has 1 N–H and O–H groups in total. The molecule has 2 nitrogen and oxygen atoms in total. The number of benzene rings is 1. The van der Waals surface area contributed by atoms with Gasteiger partial charge in [-0.2, -0.15) is 0 Å². The molecule has 0 radical (unpaired) electrons. The quantitative estimate of drug-likeness (QED) is 0.851. The van der Waals surface area contributed by atoms with Crippen molar-refractivity contribution in [3.63, 3.8) is 0 Å². The Morgan fingerprint density at radius 2 is 2.27 bits per heavy atom. The summed E-state index contributed by atoms with van der Waals surface area (Å²) in [5, 5.41) is 3.26. The Morgan fingerprint density at radius 3 is 2.93 bits per heavy atom. The maximum absolute atomic E-state index is 13.3. The molecule has 1 fully saturated rings. The SMILES string of the molecule is O=S(CC1CCCN1)c1ccccc1F. The summed E-state index contributed by atoms with van der Waals surface area (Å²) in [7, 11) is -1.22. The van der Waals surface area contributed by atoms with Crippen molar-refractivity contribution in [2.24, 2.45) is 0 Å². The Kier molecular flexibility index (Phi) is 3.49. The predicted molar refractivity (Wildman–Crippen MR) is 58.7 cm³/mol. The van der Waals surface area contributed by atoms with Crippen LogP contribution in [0.1, 0.15) is 12.8 Å². The van der Waals surface area contributed by atoms with Gasteiger partial charge in [0.05, 0.1) is 15.7 Å². The number of rotatable bonds is 3. The number of hydrogen-bond acceptors (Lipinski definition) is 2. The van der Waals surface area contributed by atoms with E-state index in [0.29, 0.717) is 10.6 Å². The van der Waals surface area contributed by atoms with Gasteiger partial charge in [0.1, 0.15) is 5.82 Å². The van der Waals surface area contributed by atoms with Crippen LogP contribution in [0.3, 0.4) is 0 Å². The fourth-order valence-electron chi connectivity index (χ4n) is 1.80. The highest BCUT2D eigenvalue weighted by atomic mass is 32.2. The first kappa shape index (κ1) is 10.8. The van der Waals surface area contributed by atoms with Crippen LogP contribution in [0.4, 0.5) is 4.39 Å². The highest BCUT2D eigenvalue weighted by Gasteiger charge is 2.19. The lowest BCUT2D eigenvalue weighted by molar-refractivity contribution is 0.591. The summed E-state index contributed by atoms with van der Waals surface area (Å²) in [6.07, 6.45) is 2.17. The summed E-state index contributed by atoms with van der Waals surface area (Å²) < 4.78 is 25.2. The molecule has 1 heterocycles. The van der Waals surface area contributed by atoms with E-state index in [2.05, 4.69) is 5.32 Å². The zero-order valence-corrected chi connectivity index (χ0v) is 9.23. The van der Waals surface area contributed by atoms with Gasteiger partial charge in [0, 0.05) is 11.8 Å². The molecule has 0 saturated carbocycles. The van der Waals surface area contributed by atoms with Crippen LogP contribution in [0.2, 0.25) is 0 Å². The molecular weight excluding hydrogens is 213 g/mol. The Morgan fingerprint density at radius 1 is 1.47 bits per heavy atom. The van der Waals surface area contributed by atoms with Crippen LogP contribution < -0.4 is 5.32 Å². The maximum atomic E-state index is 13.3. The predicted octanol–water partition coefficient (Wildman–Crippen LogP) is 1.69. The van der Waals surface area contributed by atoms with E-state index in [1.807, 2.05) is 0 Å². The van der Waals surface area contributed by atoms with Crippen LogP contribution in [0.15, 0.2) is 29.2 Å². The van der Waals surface area contributed by atoms with E-state index in [1.165, 1.54) is 6.07 Å². The van der Waals surface area contributed by atoms with Gasteiger partial charge in [0.2, 0.25) is 0 Å². The van der Waals surface area contributed by atoms with Gasteiger partial charge in [-0.1, -0.05) is 12.1 Å². The molecule has 0 spiro atoms. The van der Waals surface area contributed by atoms with Gasteiger partial charge in [-0.15, -0.1) is 0 Å². The zero-order chi connectivity index (χ0) is 10.7. The summed E-state index contributed by atoms with van der Waals surface area (Å²) in [5.74, 6) is 0.148. The number of hydrogen-bond donors (Lipinski definition) is 1. The minimum Gasteiger partial charge on any atom is -0.313 e. The average Bonchev–Trinajstić information content (AvgIpc) is 2.71. The largest absolute Gasteiger partial charge is 0.313 e. The van der Waals surface area contributed by atoms with Gasteiger partial charge >= 0.3 is 0 Å². The van der Waals surface area contributed by atoms with Crippen LogP contribution >= 0.6 is 0 Å². The van der Waals surface area contributed by atoms with E-state index in [4.69, 9.17) is 0 Å². The highest BCUT2D eigenvalue weighted by Crippen LogP contribution is 2.15. The lowest BCUT2D eigenvalue weighted by Crippen LogP contribution is -2.27. The molecule has 2 atom stereocenters. The Balaban J connectivity index is 2.04. The van der Waals surface area contributed by atoms with Gasteiger partial charge in [0.15, 0.2) is 0 Å². The number of nitrogens with one attached hydrogen (secondary N) is 1. The smallest absolute Gasteiger partial charge is 0.139 e. The minimum absolute atomic E-state index is 0.283. The molecule has 82 valence electrons. The molecule has 0 bridgehead atoms. The molecule has 1 aromatic rings. The van der Waals surface area contributed by atoms with Crippen LogP contribution in [0.25, 0.3) is 0 Å². The monoisotopic (exact) mass is 227 g/mol. The molecule has 1 saturated heterocycles. The standard InChI is InChI=1S/C11H14FNOS/c12-10-5-1-2-6-11(10)15(14)8-9-4-3-7-13-9/h1-2,5-6,9,13H,3-4,7-8H2. The van der Waals surface area contributed by atoms with E-state index in [9.17, 15) is 8.60 Å². The van der Waals surface area contributed by atoms with Crippen molar-refractivity contribution in [1.29, 1.82) is 0 Å². The molecule has 15 heavy (non-hydrogen) atoms. The lowest BCUT2D eigenvalue weighted by Gasteiger charge is -2.09. The third-order valence-corrected chi connectivity index (χ3v) is 4.12. The Hall–Kier alpha value is -0.740. The van der Waals surface area contributed by atoms with E-state index in [-0.39, 0.29) is 11.9 Å². The molecule has 1 aliphatic heterocycles. The maximum Gasteiger partial charge on any atom is 0.139 e. The van der Waals surface area contributed by atoms with Crippen molar-refractivity contribution in [1.82, 2.24) is 5.32 Å². The second kappa shape index (κ2) is 4.86. The van der Waals surface area contributed by atoms with Crippen molar-refractivity contribution in [3.05, 3.63) is 30.1 Å². The minimum atomic E-state index is -1.22. The third kappa shape index (κ3) is 2.63. The van der Waals surface area contributed by atoms with E-state index in [1.54, 1.807) is 18.2 Å². The van der Waals surface area contributed by atoms with Gasteiger partial charge in [-0.25, -0.2) is 4.39 Å². The second-order valence-corrected chi connectivity index (χ2v) is 5.20. The third-order valence-electron chi connectivity index (χ3n) is 2.60. The first-order chi connectivity index (χ1) is 7.27. The van der Waals surface area contributed by atoms with Gasteiger partial charge in [-0.05, 0) is 31.5 Å². The number of halogens is 1. The Labute approximate surface area is 91.3 Å². The first-order valence-electron chi connectivity index (χ1n) is 5.13. The molecule has 2 rings (SSSR count). The van der Waals surface area contributed by atoms with Crippen LogP contribution in [-0.4, -0.2) is 22.5 Å². The Bertz CT molecular complexity index is 363. The normalized spacial score (nSPS) is 22.9. The van der Waals surface area contributed by atoms with Crippen LogP contribution in [-0.2, 0) is 10.8 Å². The van der Waals surface area contributed by atoms with E-state index in [0.717, 1.165) is 19.4 Å². The van der Waals surface area contributed by atoms with E-state index >= 15 is 0 Å². The zero-order valence-electron chi connectivity index (χ0n) is 8.41. The molecule has 0 aromatic heterocycles. The summed E-state index contributed by atoms with van der Waals surface area (Å²) in [5.41, 5.74) is 0. The lowest BCUT2D eigenvalue weighted by atomic mass is 10.3. The van der Waals surface area contributed by atoms with Crippen molar-refractivity contribution in [3.8, 4) is 0 Å². The fraction of sp³-hybridized carbons (Fsp3) is 0.455. The first-order valence-corrected chi connectivity index (χ1v) is 6.45. The van der Waals surface area contributed by atoms with Crippen molar-refractivity contribution in [2.75, 3.05) is 12.3 Å². The van der Waals surface area contributed by atoms with Crippen molar-refractivity contribution in [2.45, 2.75) is 23.8 Å². The molecule has 4 heteroatoms. The topological polar surface area (TPSA) is 29.1 Å². The highest BCUT2D eigenvalue weighted by molar-refractivity contribution is 7.85. The molecule has 2 unspecified atom stereocenters. The molecule has 0 amide bonds. The van der Waals surface area contributed by atoms with Gasteiger partial charge in [-0.3, -0.25) is 4.21 Å². The van der Waals surface area contributed by atoms with Crippen LogP contribution in [0.5, 0.6) is 0 Å². The van der Waals surface area contributed by atoms with Crippen LogP contribution in [0, 0.1) is 5.82 Å². The summed E-state index contributed by atoms with van der Waals surface area (Å²) in [6.45, 7) is 0.985. The molecule has 1 aliphatic rings. The molecule has 0 aliphatic carbocycles. The fourth-order valence-corrected chi connectivity index (χ4v) is 3.15.